The third-order valence-electron chi connectivity index (χ3n) is 4.98. The third-order valence-corrected chi connectivity index (χ3v) is 4.98. The lowest BCUT2D eigenvalue weighted by Gasteiger charge is -2.21. The van der Waals surface area contributed by atoms with Gasteiger partial charge in [0.05, 0.1) is 6.54 Å². The topological polar surface area (TPSA) is 58.4 Å². The van der Waals surface area contributed by atoms with Gasteiger partial charge in [0, 0.05) is 18.6 Å². The van der Waals surface area contributed by atoms with E-state index in [4.69, 9.17) is 4.42 Å². The number of aromatic nitrogens is 1. The molecule has 4 rings (SSSR count). The van der Waals surface area contributed by atoms with Crippen molar-refractivity contribution < 1.29 is 9.21 Å². The van der Waals surface area contributed by atoms with Gasteiger partial charge < -0.3 is 9.73 Å². The number of hydrogen-bond donors (Lipinski definition) is 1. The lowest BCUT2D eigenvalue weighted by Crippen LogP contribution is -2.27. The van der Waals surface area contributed by atoms with Gasteiger partial charge >= 0.3 is 0 Å². The monoisotopic (exact) mass is 339 g/mol. The minimum atomic E-state index is -0.120. The van der Waals surface area contributed by atoms with Gasteiger partial charge in [0.15, 0.2) is 5.69 Å². The second-order valence-electron chi connectivity index (χ2n) is 7.44. The Morgan fingerprint density at radius 2 is 2.04 bits per heavy atom. The van der Waals surface area contributed by atoms with E-state index < -0.39 is 0 Å². The zero-order chi connectivity index (χ0) is 17.4. The zero-order valence-corrected chi connectivity index (χ0v) is 14.9. The van der Waals surface area contributed by atoms with Crippen molar-refractivity contribution in [2.45, 2.75) is 64.7 Å². The van der Waals surface area contributed by atoms with E-state index in [-0.39, 0.29) is 5.91 Å². The number of carbonyl (C=O) groups excluding carboxylic acids is 1. The van der Waals surface area contributed by atoms with Gasteiger partial charge in [0.2, 0.25) is 5.89 Å². The lowest BCUT2D eigenvalue weighted by atomic mass is 10.1. The number of hydrogen-bond acceptors (Lipinski definition) is 4. The Bertz CT molecular complexity index is 775. The van der Waals surface area contributed by atoms with Crippen LogP contribution in [-0.4, -0.2) is 27.9 Å². The van der Waals surface area contributed by atoms with E-state index in [9.17, 15) is 4.79 Å². The molecule has 2 aliphatic carbocycles. The maximum atomic E-state index is 12.1. The van der Waals surface area contributed by atoms with Crippen molar-refractivity contribution in [1.29, 1.82) is 0 Å². The molecule has 2 fully saturated rings. The normalized spacial score (nSPS) is 17.1. The molecule has 1 heterocycles. The molecular weight excluding hydrogens is 314 g/mol. The molecule has 0 radical (unpaired) electrons. The first-order valence-corrected chi connectivity index (χ1v) is 9.14. The molecule has 0 atom stereocenters. The van der Waals surface area contributed by atoms with Gasteiger partial charge in [-0.2, -0.15) is 0 Å². The smallest absolute Gasteiger partial charge is 0.273 e. The Kier molecular flexibility index (Phi) is 4.34. The second kappa shape index (κ2) is 6.64. The van der Waals surface area contributed by atoms with Crippen molar-refractivity contribution in [2.24, 2.45) is 0 Å². The van der Waals surface area contributed by atoms with Crippen LogP contribution in [0.3, 0.4) is 0 Å². The van der Waals surface area contributed by atoms with Gasteiger partial charge in [-0.15, -0.1) is 0 Å². The molecule has 1 N–H and O–H groups in total. The van der Waals surface area contributed by atoms with Crippen LogP contribution in [0.4, 0.5) is 0 Å². The van der Waals surface area contributed by atoms with E-state index in [1.54, 1.807) is 0 Å². The van der Waals surface area contributed by atoms with Crippen LogP contribution in [-0.2, 0) is 13.1 Å². The summed E-state index contributed by atoms with van der Waals surface area (Å²) in [5, 5.41) is 2.95. The van der Waals surface area contributed by atoms with Gasteiger partial charge in [-0.25, -0.2) is 4.98 Å². The van der Waals surface area contributed by atoms with E-state index >= 15 is 0 Å². The Balaban J connectivity index is 1.44. The van der Waals surface area contributed by atoms with E-state index in [0.29, 0.717) is 30.2 Å². The van der Waals surface area contributed by atoms with Crippen molar-refractivity contribution in [2.75, 3.05) is 0 Å². The molecule has 0 bridgehead atoms. The van der Waals surface area contributed by atoms with Gasteiger partial charge in [-0.05, 0) is 50.7 Å². The van der Waals surface area contributed by atoms with Crippen LogP contribution in [0.5, 0.6) is 0 Å². The maximum absolute atomic E-state index is 12.1. The fourth-order valence-electron chi connectivity index (χ4n) is 3.09. The minimum absolute atomic E-state index is 0.120. The molecule has 0 spiro atoms. The summed E-state index contributed by atoms with van der Waals surface area (Å²) < 4.78 is 5.57. The van der Waals surface area contributed by atoms with Crippen LogP contribution in [0.25, 0.3) is 0 Å². The highest BCUT2D eigenvalue weighted by molar-refractivity contribution is 5.92. The van der Waals surface area contributed by atoms with Crippen LogP contribution >= 0.6 is 0 Å². The van der Waals surface area contributed by atoms with E-state index in [1.165, 1.54) is 35.8 Å². The van der Waals surface area contributed by atoms with Crippen LogP contribution in [0, 0.1) is 13.8 Å². The number of amides is 1. The number of aryl methyl sites for hydroxylation is 2. The molecule has 0 unspecified atom stereocenters. The first-order valence-electron chi connectivity index (χ1n) is 9.14. The van der Waals surface area contributed by atoms with Gasteiger partial charge in [0.25, 0.3) is 5.91 Å². The van der Waals surface area contributed by atoms with Crippen LogP contribution < -0.4 is 5.32 Å². The fourth-order valence-corrected chi connectivity index (χ4v) is 3.09. The number of rotatable bonds is 7. The molecule has 1 aromatic carbocycles. The number of benzene rings is 1. The first-order chi connectivity index (χ1) is 12.1. The largest absolute Gasteiger partial charge is 0.447 e. The molecule has 2 saturated carbocycles. The summed E-state index contributed by atoms with van der Waals surface area (Å²) in [7, 11) is 0. The van der Waals surface area contributed by atoms with Crippen molar-refractivity contribution in [3.8, 4) is 0 Å². The van der Waals surface area contributed by atoms with Gasteiger partial charge in [-0.3, -0.25) is 9.69 Å². The van der Waals surface area contributed by atoms with E-state index in [2.05, 4.69) is 47.2 Å². The number of nitrogens with one attached hydrogen (secondary N) is 1. The summed E-state index contributed by atoms with van der Waals surface area (Å²) >= 11 is 0. The number of nitrogens with zero attached hydrogens (tertiary/aromatic N) is 2. The summed E-state index contributed by atoms with van der Waals surface area (Å²) in [6.45, 7) is 5.83. The Morgan fingerprint density at radius 1 is 1.24 bits per heavy atom. The summed E-state index contributed by atoms with van der Waals surface area (Å²) in [6, 6.07) is 7.52. The second-order valence-corrected chi connectivity index (χ2v) is 7.44. The van der Waals surface area contributed by atoms with Crippen molar-refractivity contribution >= 4 is 5.91 Å². The number of carbonyl (C=O) groups is 1. The highest BCUT2D eigenvalue weighted by Crippen LogP contribution is 2.30. The first kappa shape index (κ1) is 16.3. The lowest BCUT2D eigenvalue weighted by molar-refractivity contribution is 0.0946. The molecule has 5 heteroatoms. The molecule has 132 valence electrons. The highest BCUT2D eigenvalue weighted by Gasteiger charge is 2.31. The predicted molar refractivity (Wildman–Crippen MR) is 95.2 cm³/mol. The summed E-state index contributed by atoms with van der Waals surface area (Å²) in [5.74, 6) is 0.503. The predicted octanol–water partition coefficient (Wildman–Crippen LogP) is 3.35. The molecule has 1 aromatic heterocycles. The molecular formula is C20H25N3O2. The van der Waals surface area contributed by atoms with Crippen LogP contribution in [0.1, 0.15) is 58.8 Å². The third kappa shape index (κ3) is 4.10. The van der Waals surface area contributed by atoms with Gasteiger partial charge in [-0.1, -0.05) is 23.8 Å². The van der Waals surface area contributed by atoms with Crippen molar-refractivity contribution in [1.82, 2.24) is 15.2 Å². The zero-order valence-electron chi connectivity index (χ0n) is 14.9. The van der Waals surface area contributed by atoms with Gasteiger partial charge in [0.1, 0.15) is 6.26 Å². The maximum Gasteiger partial charge on any atom is 0.273 e. The van der Waals surface area contributed by atoms with Crippen LogP contribution in [0.15, 0.2) is 28.9 Å². The summed E-state index contributed by atoms with van der Waals surface area (Å²) in [4.78, 5) is 18.9. The SMILES string of the molecule is Cc1ccc(C)c(CN(Cc2nc(C(=O)NC3CC3)co2)C2CC2)c1. The van der Waals surface area contributed by atoms with E-state index in [1.807, 2.05) is 0 Å². The molecule has 2 aromatic rings. The molecule has 0 saturated heterocycles. The van der Waals surface area contributed by atoms with Crippen molar-refractivity contribution in [3.63, 3.8) is 0 Å². The average molecular weight is 339 g/mol. The molecule has 0 aliphatic heterocycles. The fraction of sp³-hybridized carbons (Fsp3) is 0.500. The Morgan fingerprint density at radius 3 is 2.76 bits per heavy atom. The molecule has 25 heavy (non-hydrogen) atoms. The standard InChI is InChI=1S/C20H25N3O2/c1-13-3-4-14(2)15(9-13)10-23(17-7-8-17)11-19-22-18(12-25-19)20(24)21-16-5-6-16/h3-4,9,12,16-17H,5-8,10-11H2,1-2H3,(H,21,24). The molecule has 1 amide bonds. The quantitative estimate of drug-likeness (QED) is 0.840. The van der Waals surface area contributed by atoms with E-state index in [0.717, 1.165) is 19.4 Å². The molecule has 5 nitrogen and oxygen atoms in total. The minimum Gasteiger partial charge on any atom is -0.447 e. The number of oxazole rings is 1. The van der Waals surface area contributed by atoms with Crippen molar-refractivity contribution in [3.05, 3.63) is 52.7 Å². The Labute approximate surface area is 148 Å². The highest BCUT2D eigenvalue weighted by atomic mass is 16.3. The summed E-state index contributed by atoms with van der Waals surface area (Å²) in [5.41, 5.74) is 4.34. The molecule has 2 aliphatic rings. The average Bonchev–Trinajstić information content (AvgIpc) is 3.51. The summed E-state index contributed by atoms with van der Waals surface area (Å²) in [6.07, 6.45) is 6.07. The van der Waals surface area contributed by atoms with Crippen LogP contribution in [0.2, 0.25) is 0 Å². The Hall–Kier alpha value is -2.14.